The Kier molecular flexibility index (Phi) is 9.35. The van der Waals surface area contributed by atoms with Gasteiger partial charge in [0.05, 0.1) is 6.61 Å². The summed E-state index contributed by atoms with van der Waals surface area (Å²) in [4.78, 5) is 0. The van der Waals surface area contributed by atoms with Crippen LogP contribution in [-0.2, 0) is 11.2 Å². The molecule has 1 atom stereocenters. The van der Waals surface area contributed by atoms with E-state index in [1.807, 2.05) is 0 Å². The molecule has 114 valence electrons. The van der Waals surface area contributed by atoms with Crippen LogP contribution in [0.5, 0.6) is 0 Å². The number of hydrogen-bond acceptors (Lipinski definition) is 2. The lowest BCUT2D eigenvalue weighted by Gasteiger charge is -2.09. The standard InChI is InChI=1S/C18H31NO/c1-4-16(2)18-11-9-17(10-12-18)8-6-5-7-13-19-14-15-20-3/h9-12,16,19H,4-8,13-15H2,1-3H3. The molecule has 0 bridgehead atoms. The Labute approximate surface area is 124 Å². The van der Waals surface area contributed by atoms with E-state index in [9.17, 15) is 0 Å². The lowest BCUT2D eigenvalue weighted by Crippen LogP contribution is -2.20. The van der Waals surface area contributed by atoms with Gasteiger partial charge in [0.25, 0.3) is 0 Å². The fourth-order valence-corrected chi connectivity index (χ4v) is 2.30. The second-order valence-electron chi connectivity index (χ2n) is 5.60. The summed E-state index contributed by atoms with van der Waals surface area (Å²) in [6, 6.07) is 9.21. The van der Waals surface area contributed by atoms with Gasteiger partial charge in [-0.3, -0.25) is 0 Å². The van der Waals surface area contributed by atoms with E-state index in [2.05, 4.69) is 43.4 Å². The Morgan fingerprint density at radius 3 is 2.45 bits per heavy atom. The summed E-state index contributed by atoms with van der Waals surface area (Å²) in [5.41, 5.74) is 2.95. The Morgan fingerprint density at radius 2 is 1.80 bits per heavy atom. The van der Waals surface area contributed by atoms with Gasteiger partial charge in [-0.05, 0) is 49.3 Å². The zero-order valence-electron chi connectivity index (χ0n) is 13.5. The van der Waals surface area contributed by atoms with Gasteiger partial charge in [0.15, 0.2) is 0 Å². The van der Waals surface area contributed by atoms with Crippen LogP contribution in [0.4, 0.5) is 0 Å². The molecule has 0 radical (unpaired) electrons. The lowest BCUT2D eigenvalue weighted by molar-refractivity contribution is 0.199. The van der Waals surface area contributed by atoms with E-state index in [0.29, 0.717) is 5.92 Å². The van der Waals surface area contributed by atoms with Crippen molar-refractivity contribution in [2.45, 2.75) is 51.9 Å². The van der Waals surface area contributed by atoms with E-state index in [-0.39, 0.29) is 0 Å². The number of ether oxygens (including phenoxy) is 1. The van der Waals surface area contributed by atoms with E-state index in [1.165, 1.54) is 43.2 Å². The summed E-state index contributed by atoms with van der Waals surface area (Å²) in [6.45, 7) is 7.43. The molecular formula is C18H31NO. The van der Waals surface area contributed by atoms with Gasteiger partial charge in [0, 0.05) is 13.7 Å². The quantitative estimate of drug-likeness (QED) is 0.614. The molecule has 0 amide bonds. The number of rotatable bonds is 11. The Bertz CT molecular complexity index is 334. The average molecular weight is 277 g/mol. The van der Waals surface area contributed by atoms with Crippen molar-refractivity contribution in [1.82, 2.24) is 5.32 Å². The summed E-state index contributed by atoms with van der Waals surface area (Å²) in [5.74, 6) is 0.683. The minimum absolute atomic E-state index is 0.683. The molecule has 1 aromatic rings. The van der Waals surface area contributed by atoms with Gasteiger partial charge in [-0.25, -0.2) is 0 Å². The number of unbranched alkanes of at least 4 members (excludes halogenated alkanes) is 2. The van der Waals surface area contributed by atoms with Crippen molar-refractivity contribution in [3.8, 4) is 0 Å². The van der Waals surface area contributed by atoms with Crippen molar-refractivity contribution < 1.29 is 4.74 Å². The van der Waals surface area contributed by atoms with E-state index >= 15 is 0 Å². The van der Waals surface area contributed by atoms with Gasteiger partial charge >= 0.3 is 0 Å². The SMILES string of the molecule is CCC(C)c1ccc(CCCCCNCCOC)cc1. The number of benzene rings is 1. The molecule has 1 aromatic carbocycles. The molecule has 0 aliphatic heterocycles. The summed E-state index contributed by atoms with van der Waals surface area (Å²) in [5, 5.41) is 3.39. The molecule has 2 heteroatoms. The monoisotopic (exact) mass is 277 g/mol. The van der Waals surface area contributed by atoms with Gasteiger partial charge in [-0.1, -0.05) is 44.5 Å². The molecule has 0 spiro atoms. The van der Waals surface area contributed by atoms with Crippen LogP contribution in [-0.4, -0.2) is 26.8 Å². The third-order valence-corrected chi connectivity index (χ3v) is 3.96. The Hall–Kier alpha value is -0.860. The lowest BCUT2D eigenvalue weighted by atomic mass is 9.96. The Balaban J connectivity index is 2.10. The van der Waals surface area contributed by atoms with E-state index in [4.69, 9.17) is 4.74 Å². The van der Waals surface area contributed by atoms with Crippen LogP contribution in [0.1, 0.15) is 56.6 Å². The van der Waals surface area contributed by atoms with Crippen LogP contribution in [0.15, 0.2) is 24.3 Å². The summed E-state index contributed by atoms with van der Waals surface area (Å²) < 4.78 is 5.00. The highest BCUT2D eigenvalue weighted by Gasteiger charge is 2.02. The van der Waals surface area contributed by atoms with E-state index in [1.54, 1.807) is 7.11 Å². The first-order valence-corrected chi connectivity index (χ1v) is 8.06. The summed E-state index contributed by atoms with van der Waals surface area (Å²) in [7, 11) is 1.74. The molecule has 1 N–H and O–H groups in total. The molecule has 0 aromatic heterocycles. The Morgan fingerprint density at radius 1 is 1.05 bits per heavy atom. The highest BCUT2D eigenvalue weighted by molar-refractivity contribution is 5.25. The predicted octanol–water partition coefficient (Wildman–Crippen LogP) is 4.15. The van der Waals surface area contributed by atoms with E-state index in [0.717, 1.165) is 19.7 Å². The maximum atomic E-state index is 5.00. The summed E-state index contributed by atoms with van der Waals surface area (Å²) >= 11 is 0. The second-order valence-corrected chi connectivity index (χ2v) is 5.60. The number of nitrogens with one attached hydrogen (secondary N) is 1. The molecule has 20 heavy (non-hydrogen) atoms. The van der Waals surface area contributed by atoms with Gasteiger partial charge in [0.1, 0.15) is 0 Å². The topological polar surface area (TPSA) is 21.3 Å². The fourth-order valence-electron chi connectivity index (χ4n) is 2.30. The molecule has 0 saturated heterocycles. The number of hydrogen-bond donors (Lipinski definition) is 1. The first-order chi connectivity index (χ1) is 9.77. The molecule has 0 heterocycles. The molecule has 1 rings (SSSR count). The second kappa shape index (κ2) is 10.9. The minimum Gasteiger partial charge on any atom is -0.383 e. The molecular weight excluding hydrogens is 246 g/mol. The molecule has 0 fully saturated rings. The van der Waals surface area contributed by atoms with Gasteiger partial charge in [0.2, 0.25) is 0 Å². The van der Waals surface area contributed by atoms with Crippen LogP contribution in [0, 0.1) is 0 Å². The van der Waals surface area contributed by atoms with Crippen molar-refractivity contribution in [2.75, 3.05) is 26.8 Å². The van der Waals surface area contributed by atoms with Crippen LogP contribution in [0.2, 0.25) is 0 Å². The minimum atomic E-state index is 0.683. The first-order valence-electron chi connectivity index (χ1n) is 8.06. The maximum absolute atomic E-state index is 5.00. The van der Waals surface area contributed by atoms with E-state index < -0.39 is 0 Å². The van der Waals surface area contributed by atoms with Crippen molar-refractivity contribution in [3.05, 3.63) is 35.4 Å². The van der Waals surface area contributed by atoms with Crippen molar-refractivity contribution >= 4 is 0 Å². The number of aryl methyl sites for hydroxylation is 1. The highest BCUT2D eigenvalue weighted by atomic mass is 16.5. The third kappa shape index (κ3) is 7.06. The van der Waals surface area contributed by atoms with Crippen molar-refractivity contribution in [3.63, 3.8) is 0 Å². The zero-order chi connectivity index (χ0) is 14.6. The van der Waals surface area contributed by atoms with Gasteiger partial charge in [-0.2, -0.15) is 0 Å². The first kappa shape index (κ1) is 17.2. The van der Waals surface area contributed by atoms with Crippen LogP contribution in [0.3, 0.4) is 0 Å². The van der Waals surface area contributed by atoms with Gasteiger partial charge in [-0.15, -0.1) is 0 Å². The molecule has 0 aliphatic carbocycles. The third-order valence-electron chi connectivity index (χ3n) is 3.96. The smallest absolute Gasteiger partial charge is 0.0587 e. The maximum Gasteiger partial charge on any atom is 0.0587 e. The normalized spacial score (nSPS) is 12.6. The van der Waals surface area contributed by atoms with Crippen LogP contribution < -0.4 is 5.32 Å². The van der Waals surface area contributed by atoms with Gasteiger partial charge < -0.3 is 10.1 Å². The van der Waals surface area contributed by atoms with Crippen molar-refractivity contribution in [1.29, 1.82) is 0 Å². The predicted molar refractivity (Wildman–Crippen MR) is 87.4 cm³/mol. The van der Waals surface area contributed by atoms with Crippen molar-refractivity contribution in [2.24, 2.45) is 0 Å². The van der Waals surface area contributed by atoms with Crippen LogP contribution in [0.25, 0.3) is 0 Å². The number of methoxy groups -OCH3 is 1. The van der Waals surface area contributed by atoms with Crippen LogP contribution >= 0.6 is 0 Å². The molecule has 0 saturated carbocycles. The fraction of sp³-hybridized carbons (Fsp3) is 0.667. The highest BCUT2D eigenvalue weighted by Crippen LogP contribution is 2.19. The largest absolute Gasteiger partial charge is 0.383 e. The molecule has 0 aliphatic rings. The average Bonchev–Trinajstić information content (AvgIpc) is 2.50. The summed E-state index contributed by atoms with van der Waals surface area (Å²) in [6.07, 6.45) is 6.27. The zero-order valence-corrected chi connectivity index (χ0v) is 13.5. The molecule has 1 unspecified atom stereocenters. The molecule has 2 nitrogen and oxygen atoms in total.